The maximum absolute atomic E-state index is 13.9. The van der Waals surface area contributed by atoms with Crippen LogP contribution in [0.4, 0.5) is 4.39 Å². The fraction of sp³-hybridized carbons (Fsp3) is 0.450. The highest BCUT2D eigenvalue weighted by atomic mass is 32.2. The molecule has 9 nitrogen and oxygen atoms in total. The van der Waals surface area contributed by atoms with Crippen LogP contribution in [0.25, 0.3) is 0 Å². The zero-order chi connectivity index (χ0) is 23.6. The molecule has 2 N–H and O–H groups in total. The molecule has 1 aliphatic heterocycles. The minimum absolute atomic E-state index is 0.0283. The molecular weight excluding hydrogens is 459 g/mol. The van der Waals surface area contributed by atoms with Gasteiger partial charge in [0.25, 0.3) is 15.9 Å². The predicted molar refractivity (Wildman–Crippen MR) is 118 cm³/mol. The van der Waals surface area contributed by atoms with Gasteiger partial charge in [0.1, 0.15) is 11.9 Å². The number of carbonyl (C=O) groups is 2. The maximum atomic E-state index is 13.9. The van der Waals surface area contributed by atoms with E-state index in [-0.39, 0.29) is 53.5 Å². The fourth-order valence-corrected chi connectivity index (χ4v) is 6.33. The first-order valence-corrected chi connectivity index (χ1v) is 12.3. The SMILES string of the molecule is Cc1[nH]c(=O)sc1S(=O)(=O)N1CCN(C(=O)C(NC(=O)c2ccccc2F)C(C)C)CC1. The molecular formula is C20H25FN4O5S2. The molecule has 1 fully saturated rings. The van der Waals surface area contributed by atoms with Gasteiger partial charge in [-0.2, -0.15) is 4.31 Å². The normalized spacial score (nSPS) is 16.2. The molecule has 1 saturated heterocycles. The lowest BCUT2D eigenvalue weighted by atomic mass is 10.0. The van der Waals surface area contributed by atoms with Crippen LogP contribution in [0.1, 0.15) is 29.9 Å². The van der Waals surface area contributed by atoms with E-state index in [9.17, 15) is 27.2 Å². The number of rotatable bonds is 6. The summed E-state index contributed by atoms with van der Waals surface area (Å²) in [6, 6.07) is 4.63. The molecule has 32 heavy (non-hydrogen) atoms. The number of nitrogens with zero attached hydrogens (tertiary/aromatic N) is 2. The molecule has 2 heterocycles. The lowest BCUT2D eigenvalue weighted by Gasteiger charge is -2.36. The minimum atomic E-state index is -3.85. The number of halogens is 1. The van der Waals surface area contributed by atoms with Crippen molar-refractivity contribution in [2.24, 2.45) is 5.92 Å². The molecule has 2 aromatic rings. The number of benzene rings is 1. The number of piperazine rings is 1. The second-order valence-electron chi connectivity index (χ2n) is 7.83. The maximum Gasteiger partial charge on any atom is 0.305 e. The lowest BCUT2D eigenvalue weighted by Crippen LogP contribution is -2.57. The first-order chi connectivity index (χ1) is 15.0. The van der Waals surface area contributed by atoms with Gasteiger partial charge in [0, 0.05) is 31.9 Å². The zero-order valence-corrected chi connectivity index (χ0v) is 19.6. The van der Waals surface area contributed by atoms with Gasteiger partial charge in [0.15, 0.2) is 4.21 Å². The molecule has 2 amide bonds. The molecule has 1 unspecified atom stereocenters. The minimum Gasteiger partial charge on any atom is -0.340 e. The molecule has 0 radical (unpaired) electrons. The number of hydrogen-bond donors (Lipinski definition) is 2. The summed E-state index contributed by atoms with van der Waals surface area (Å²) >= 11 is 0.637. The standard InChI is InChI=1S/C20H25FN4O5S2/c1-12(2)16(23-17(26)14-6-4-5-7-15(14)21)18(27)24-8-10-25(11-9-24)32(29,30)19-13(3)22-20(28)31-19/h4-7,12,16H,8-11H2,1-3H3,(H,22,28)(H,23,26). The van der Waals surface area contributed by atoms with Crippen LogP contribution >= 0.6 is 11.3 Å². The van der Waals surface area contributed by atoms with E-state index in [0.29, 0.717) is 11.3 Å². The van der Waals surface area contributed by atoms with E-state index < -0.39 is 32.7 Å². The van der Waals surface area contributed by atoms with Gasteiger partial charge in [-0.15, -0.1) is 0 Å². The molecule has 3 rings (SSSR count). The number of aromatic amines is 1. The molecule has 0 spiro atoms. The number of sulfonamides is 1. The lowest BCUT2D eigenvalue weighted by molar-refractivity contribution is -0.135. The van der Waals surface area contributed by atoms with Gasteiger partial charge in [-0.3, -0.25) is 14.4 Å². The summed E-state index contributed by atoms with van der Waals surface area (Å²) in [6.07, 6.45) is 0. The summed E-state index contributed by atoms with van der Waals surface area (Å²) in [7, 11) is -3.85. The Morgan fingerprint density at radius 3 is 2.31 bits per heavy atom. The molecule has 1 aromatic carbocycles. The average molecular weight is 485 g/mol. The third-order valence-corrected chi connectivity index (χ3v) is 8.72. The Morgan fingerprint density at radius 2 is 1.78 bits per heavy atom. The van der Waals surface area contributed by atoms with Crippen LogP contribution in [0.3, 0.4) is 0 Å². The first-order valence-electron chi connectivity index (χ1n) is 10.1. The highest BCUT2D eigenvalue weighted by molar-refractivity contribution is 7.91. The summed E-state index contributed by atoms with van der Waals surface area (Å²) < 4.78 is 40.9. The predicted octanol–water partition coefficient (Wildman–Crippen LogP) is 1.17. The van der Waals surface area contributed by atoms with Crippen molar-refractivity contribution in [3.8, 4) is 0 Å². The molecule has 0 bridgehead atoms. The Kier molecular flexibility index (Phi) is 7.16. The topological polar surface area (TPSA) is 120 Å². The number of hydrogen-bond acceptors (Lipinski definition) is 6. The molecule has 174 valence electrons. The van der Waals surface area contributed by atoms with E-state index in [2.05, 4.69) is 10.3 Å². The molecule has 12 heteroatoms. The third kappa shape index (κ3) is 4.92. The molecule has 1 atom stereocenters. The van der Waals surface area contributed by atoms with Gasteiger partial charge >= 0.3 is 4.87 Å². The summed E-state index contributed by atoms with van der Waals surface area (Å²) in [5, 5.41) is 2.61. The Balaban J connectivity index is 1.68. The van der Waals surface area contributed by atoms with E-state index in [4.69, 9.17) is 0 Å². The highest BCUT2D eigenvalue weighted by Crippen LogP contribution is 2.23. The van der Waals surface area contributed by atoms with Crippen molar-refractivity contribution in [3.63, 3.8) is 0 Å². The zero-order valence-electron chi connectivity index (χ0n) is 17.9. The summed E-state index contributed by atoms with van der Waals surface area (Å²) in [4.78, 5) is 40.6. The second kappa shape index (κ2) is 9.51. The fourth-order valence-electron chi connectivity index (χ4n) is 3.48. The van der Waals surface area contributed by atoms with E-state index in [1.54, 1.807) is 13.8 Å². The van der Waals surface area contributed by atoms with Crippen molar-refractivity contribution in [1.29, 1.82) is 0 Å². The number of aryl methyl sites for hydroxylation is 1. The average Bonchev–Trinajstić information content (AvgIpc) is 3.10. The number of nitrogens with one attached hydrogen (secondary N) is 2. The van der Waals surface area contributed by atoms with E-state index >= 15 is 0 Å². The number of carbonyl (C=O) groups excluding carboxylic acids is 2. The van der Waals surface area contributed by atoms with Crippen LogP contribution in [0.2, 0.25) is 0 Å². The Bertz CT molecular complexity index is 1170. The molecule has 1 aromatic heterocycles. The molecule has 0 saturated carbocycles. The Labute approximate surface area is 189 Å². The molecule has 1 aliphatic rings. The Morgan fingerprint density at radius 1 is 1.16 bits per heavy atom. The first kappa shape index (κ1) is 24.1. The number of H-pyrrole nitrogens is 1. The highest BCUT2D eigenvalue weighted by Gasteiger charge is 2.35. The van der Waals surface area contributed by atoms with Crippen molar-refractivity contribution in [2.45, 2.75) is 31.0 Å². The molecule has 0 aliphatic carbocycles. The van der Waals surface area contributed by atoms with Crippen molar-refractivity contribution in [2.75, 3.05) is 26.2 Å². The van der Waals surface area contributed by atoms with Gasteiger partial charge in [-0.05, 0) is 25.0 Å². The van der Waals surface area contributed by atoms with Crippen molar-refractivity contribution in [1.82, 2.24) is 19.5 Å². The summed E-state index contributed by atoms with van der Waals surface area (Å²) in [5.41, 5.74) is 0.136. The third-order valence-electron chi connectivity index (χ3n) is 5.24. The van der Waals surface area contributed by atoms with Crippen LogP contribution < -0.4 is 10.2 Å². The summed E-state index contributed by atoms with van der Waals surface area (Å²) in [5.74, 6) is -1.99. The van der Waals surface area contributed by atoms with E-state index in [1.165, 1.54) is 40.4 Å². The van der Waals surface area contributed by atoms with Gasteiger partial charge < -0.3 is 15.2 Å². The van der Waals surface area contributed by atoms with Crippen LogP contribution in [-0.2, 0) is 14.8 Å². The van der Waals surface area contributed by atoms with Crippen molar-refractivity contribution in [3.05, 3.63) is 51.0 Å². The van der Waals surface area contributed by atoms with Crippen LogP contribution in [0.5, 0.6) is 0 Å². The van der Waals surface area contributed by atoms with Gasteiger partial charge in [-0.25, -0.2) is 12.8 Å². The van der Waals surface area contributed by atoms with Crippen LogP contribution in [0.15, 0.2) is 33.3 Å². The van der Waals surface area contributed by atoms with Crippen molar-refractivity contribution < 1.29 is 22.4 Å². The monoisotopic (exact) mass is 484 g/mol. The van der Waals surface area contributed by atoms with Gasteiger partial charge in [-0.1, -0.05) is 37.3 Å². The Hall–Kier alpha value is -2.57. The number of aromatic nitrogens is 1. The largest absolute Gasteiger partial charge is 0.340 e. The van der Waals surface area contributed by atoms with Crippen LogP contribution in [-0.4, -0.2) is 66.6 Å². The van der Waals surface area contributed by atoms with Gasteiger partial charge in [0.05, 0.1) is 5.56 Å². The van der Waals surface area contributed by atoms with E-state index in [1.807, 2.05) is 0 Å². The van der Waals surface area contributed by atoms with Crippen molar-refractivity contribution >= 4 is 33.2 Å². The number of amides is 2. The van der Waals surface area contributed by atoms with Gasteiger partial charge in [0.2, 0.25) is 5.91 Å². The number of thiazole rings is 1. The summed E-state index contributed by atoms with van der Waals surface area (Å²) in [6.45, 7) is 5.45. The van der Waals surface area contributed by atoms with Crippen LogP contribution in [0, 0.1) is 18.7 Å². The second-order valence-corrected chi connectivity index (χ2v) is 10.9. The smallest absolute Gasteiger partial charge is 0.305 e. The van der Waals surface area contributed by atoms with E-state index in [0.717, 1.165) is 0 Å². The quantitative estimate of drug-likeness (QED) is 0.638.